The zero-order valence-electron chi connectivity index (χ0n) is 14.7. The van der Waals surface area contributed by atoms with Gasteiger partial charge in [0.25, 0.3) is 0 Å². The van der Waals surface area contributed by atoms with Crippen molar-refractivity contribution in [2.75, 3.05) is 19.3 Å². The predicted molar refractivity (Wildman–Crippen MR) is 103 cm³/mol. The van der Waals surface area contributed by atoms with Crippen LogP contribution in [-0.2, 0) is 22.8 Å². The minimum atomic E-state index is -3.14. The zero-order chi connectivity index (χ0) is 18.3. The Hall–Kier alpha value is -1.93. The molecule has 1 heterocycles. The molecule has 0 aliphatic heterocycles. The fourth-order valence-electron chi connectivity index (χ4n) is 2.20. The number of sulfone groups is 1. The second-order valence-electron chi connectivity index (χ2n) is 5.65. The maximum atomic E-state index is 11.5. The molecule has 0 spiro atoms. The number of thiazole rings is 1. The van der Waals surface area contributed by atoms with Gasteiger partial charge in [-0.1, -0.05) is 12.1 Å². The Morgan fingerprint density at radius 2 is 1.96 bits per heavy atom. The first-order valence-electron chi connectivity index (χ1n) is 8.10. The number of rotatable bonds is 7. The molecule has 0 aliphatic rings. The quantitative estimate of drug-likeness (QED) is 0.568. The fourth-order valence-corrected chi connectivity index (χ4v) is 3.53. The summed E-state index contributed by atoms with van der Waals surface area (Å²) >= 11 is 1.61. The molecule has 2 N–H and O–H groups in total. The van der Waals surface area contributed by atoms with E-state index >= 15 is 0 Å². The van der Waals surface area contributed by atoms with Crippen LogP contribution in [-0.4, -0.2) is 38.7 Å². The summed E-state index contributed by atoms with van der Waals surface area (Å²) in [5.74, 6) is 0.767. The second kappa shape index (κ2) is 8.96. The Balaban J connectivity index is 1.89. The van der Waals surface area contributed by atoms with Crippen LogP contribution in [0.5, 0.6) is 0 Å². The highest BCUT2D eigenvalue weighted by Gasteiger charge is 2.06. The van der Waals surface area contributed by atoms with Gasteiger partial charge >= 0.3 is 0 Å². The molecule has 0 amide bonds. The van der Waals surface area contributed by atoms with Gasteiger partial charge in [-0.2, -0.15) is 0 Å². The van der Waals surface area contributed by atoms with Gasteiger partial charge in [-0.05, 0) is 38.0 Å². The third-order valence-electron chi connectivity index (χ3n) is 3.63. The SMILES string of the molecule is CCNC(=NCc1scnc1C)NCCc1ccc(S(C)(=O)=O)cc1. The summed E-state index contributed by atoms with van der Waals surface area (Å²) in [4.78, 5) is 10.3. The number of hydrogen-bond acceptors (Lipinski definition) is 5. The zero-order valence-corrected chi connectivity index (χ0v) is 16.4. The van der Waals surface area contributed by atoms with E-state index in [-0.39, 0.29) is 0 Å². The second-order valence-corrected chi connectivity index (χ2v) is 8.60. The molecule has 1 aromatic carbocycles. The number of nitrogens with zero attached hydrogens (tertiary/aromatic N) is 2. The van der Waals surface area contributed by atoms with Crippen LogP contribution in [0.2, 0.25) is 0 Å². The van der Waals surface area contributed by atoms with E-state index in [1.54, 1.807) is 23.5 Å². The molecule has 8 heteroatoms. The largest absolute Gasteiger partial charge is 0.357 e. The van der Waals surface area contributed by atoms with E-state index in [9.17, 15) is 8.42 Å². The Morgan fingerprint density at radius 3 is 2.52 bits per heavy atom. The minimum Gasteiger partial charge on any atom is -0.357 e. The number of nitrogens with one attached hydrogen (secondary N) is 2. The van der Waals surface area contributed by atoms with Crippen LogP contribution in [0.15, 0.2) is 39.7 Å². The molecule has 0 bridgehead atoms. The highest BCUT2D eigenvalue weighted by molar-refractivity contribution is 7.90. The Labute approximate surface area is 153 Å². The molecule has 0 saturated heterocycles. The topological polar surface area (TPSA) is 83.4 Å². The highest BCUT2D eigenvalue weighted by atomic mass is 32.2. The van der Waals surface area contributed by atoms with Crippen molar-refractivity contribution in [1.82, 2.24) is 15.6 Å². The molecule has 6 nitrogen and oxygen atoms in total. The van der Waals surface area contributed by atoms with Gasteiger partial charge in [0, 0.05) is 24.2 Å². The molecule has 25 heavy (non-hydrogen) atoms. The Kier molecular flexibility index (Phi) is 6.95. The predicted octanol–water partition coefficient (Wildman–Crippen LogP) is 2.15. The van der Waals surface area contributed by atoms with Crippen molar-refractivity contribution in [2.45, 2.75) is 31.7 Å². The minimum absolute atomic E-state index is 0.346. The van der Waals surface area contributed by atoms with E-state index in [0.29, 0.717) is 18.0 Å². The summed E-state index contributed by atoms with van der Waals surface area (Å²) in [5.41, 5.74) is 3.94. The van der Waals surface area contributed by atoms with Crippen LogP contribution >= 0.6 is 11.3 Å². The molecule has 0 unspecified atom stereocenters. The molecule has 136 valence electrons. The molecule has 2 rings (SSSR count). The molecular formula is C17H24N4O2S2. The van der Waals surface area contributed by atoms with Crippen LogP contribution in [0.4, 0.5) is 0 Å². The van der Waals surface area contributed by atoms with E-state index in [1.807, 2.05) is 31.5 Å². The normalized spacial score (nSPS) is 12.2. The lowest BCUT2D eigenvalue weighted by Crippen LogP contribution is -2.38. The van der Waals surface area contributed by atoms with E-state index in [2.05, 4.69) is 20.6 Å². The number of aliphatic imine (C=N–C) groups is 1. The molecule has 0 radical (unpaired) electrons. The van der Waals surface area contributed by atoms with Crippen molar-refractivity contribution in [3.63, 3.8) is 0 Å². The molecular weight excluding hydrogens is 356 g/mol. The first kappa shape index (κ1) is 19.4. The van der Waals surface area contributed by atoms with Crippen molar-refractivity contribution in [2.24, 2.45) is 4.99 Å². The van der Waals surface area contributed by atoms with Crippen LogP contribution in [0.25, 0.3) is 0 Å². The van der Waals surface area contributed by atoms with Crippen LogP contribution in [0, 0.1) is 6.92 Å². The van der Waals surface area contributed by atoms with Gasteiger partial charge in [0.05, 0.1) is 22.6 Å². The summed E-state index contributed by atoms with van der Waals surface area (Å²) in [5, 5.41) is 6.52. The van der Waals surface area contributed by atoms with Crippen molar-refractivity contribution >= 4 is 27.1 Å². The van der Waals surface area contributed by atoms with E-state index < -0.39 is 9.84 Å². The summed E-state index contributed by atoms with van der Waals surface area (Å²) in [6, 6.07) is 7.00. The summed E-state index contributed by atoms with van der Waals surface area (Å²) < 4.78 is 22.9. The third kappa shape index (κ3) is 6.13. The average molecular weight is 381 g/mol. The van der Waals surface area contributed by atoms with Gasteiger partial charge in [-0.25, -0.2) is 18.4 Å². The highest BCUT2D eigenvalue weighted by Crippen LogP contribution is 2.13. The lowest BCUT2D eigenvalue weighted by Gasteiger charge is -2.11. The Bertz CT molecular complexity index is 811. The average Bonchev–Trinajstić information content (AvgIpc) is 2.97. The van der Waals surface area contributed by atoms with Crippen molar-refractivity contribution in [3.8, 4) is 0 Å². The summed E-state index contributed by atoms with van der Waals surface area (Å²) in [6.45, 7) is 6.12. The lowest BCUT2D eigenvalue weighted by molar-refractivity contribution is 0.602. The van der Waals surface area contributed by atoms with Crippen molar-refractivity contribution < 1.29 is 8.42 Å². The number of hydrogen-bond donors (Lipinski definition) is 2. The molecule has 0 fully saturated rings. The van der Waals surface area contributed by atoms with Gasteiger partial charge in [0.15, 0.2) is 15.8 Å². The Morgan fingerprint density at radius 1 is 1.24 bits per heavy atom. The third-order valence-corrected chi connectivity index (χ3v) is 5.68. The maximum Gasteiger partial charge on any atom is 0.191 e. The van der Waals surface area contributed by atoms with Gasteiger partial charge in [-0.15, -0.1) is 11.3 Å². The summed E-state index contributed by atoms with van der Waals surface area (Å²) in [7, 11) is -3.14. The molecule has 0 aliphatic carbocycles. The first-order chi connectivity index (χ1) is 11.9. The number of aryl methyl sites for hydroxylation is 1. The van der Waals surface area contributed by atoms with Gasteiger partial charge in [0.2, 0.25) is 0 Å². The lowest BCUT2D eigenvalue weighted by atomic mass is 10.1. The van der Waals surface area contributed by atoms with Crippen LogP contribution < -0.4 is 10.6 Å². The van der Waals surface area contributed by atoms with Crippen LogP contribution in [0.1, 0.15) is 23.1 Å². The number of aromatic nitrogens is 1. The number of guanidine groups is 1. The smallest absolute Gasteiger partial charge is 0.191 e. The monoisotopic (exact) mass is 380 g/mol. The van der Waals surface area contributed by atoms with E-state index in [1.165, 1.54) is 6.26 Å². The van der Waals surface area contributed by atoms with E-state index in [4.69, 9.17) is 0 Å². The van der Waals surface area contributed by atoms with Crippen molar-refractivity contribution in [3.05, 3.63) is 45.9 Å². The first-order valence-corrected chi connectivity index (χ1v) is 10.9. The standard InChI is InChI=1S/C17H24N4O2S2/c1-4-18-17(20-11-16-13(2)21-12-24-16)19-10-9-14-5-7-15(8-6-14)25(3,22)23/h5-8,12H,4,9-11H2,1-3H3,(H2,18,19,20). The van der Waals surface area contributed by atoms with E-state index in [0.717, 1.165) is 35.1 Å². The molecule has 2 aromatic rings. The van der Waals surface area contributed by atoms with Gasteiger partial charge in [0.1, 0.15) is 0 Å². The molecule has 0 atom stereocenters. The van der Waals surface area contributed by atoms with Gasteiger partial charge in [-0.3, -0.25) is 0 Å². The summed E-state index contributed by atoms with van der Waals surface area (Å²) in [6.07, 6.45) is 2.00. The van der Waals surface area contributed by atoms with Crippen LogP contribution in [0.3, 0.4) is 0 Å². The van der Waals surface area contributed by atoms with Crippen molar-refractivity contribution in [1.29, 1.82) is 0 Å². The molecule has 1 aromatic heterocycles. The number of benzene rings is 1. The fraction of sp³-hybridized carbons (Fsp3) is 0.412. The molecule has 0 saturated carbocycles. The van der Waals surface area contributed by atoms with Gasteiger partial charge < -0.3 is 10.6 Å². The maximum absolute atomic E-state index is 11.5.